The predicted molar refractivity (Wildman–Crippen MR) is 179 cm³/mol. The maximum atomic E-state index is 14.2. The summed E-state index contributed by atoms with van der Waals surface area (Å²) in [6.07, 6.45) is 4.17. The molecule has 1 aromatic carbocycles. The van der Waals surface area contributed by atoms with Crippen molar-refractivity contribution in [2.24, 2.45) is 5.92 Å². The van der Waals surface area contributed by atoms with Gasteiger partial charge in [0.25, 0.3) is 17.7 Å². The van der Waals surface area contributed by atoms with E-state index in [0.717, 1.165) is 18.1 Å². The number of fused-ring (bicyclic) bond motifs is 5. The number of hydrogen-bond acceptors (Lipinski definition) is 10. The number of amides is 5. The Labute approximate surface area is 291 Å². The van der Waals surface area contributed by atoms with Crippen molar-refractivity contribution in [2.75, 3.05) is 6.54 Å². The van der Waals surface area contributed by atoms with Crippen LogP contribution in [0.4, 0.5) is 0 Å². The molecule has 1 fully saturated rings. The van der Waals surface area contributed by atoms with Crippen LogP contribution in [-0.2, 0) is 16.0 Å². The Bertz CT molecular complexity index is 1970. The Morgan fingerprint density at radius 2 is 1.63 bits per heavy atom. The van der Waals surface area contributed by atoms with Gasteiger partial charge in [0.05, 0.1) is 5.56 Å². The van der Waals surface area contributed by atoms with Crippen molar-refractivity contribution in [3.63, 3.8) is 0 Å². The van der Waals surface area contributed by atoms with Gasteiger partial charge in [-0.2, -0.15) is 0 Å². The van der Waals surface area contributed by atoms with Crippen LogP contribution in [-0.4, -0.2) is 74.1 Å². The number of carbonyl (C=O) groups excluding carboxylic acids is 5. The summed E-state index contributed by atoms with van der Waals surface area (Å²) in [5.41, 5.74) is 0.452. The first kappa shape index (κ1) is 34.8. The Morgan fingerprint density at radius 1 is 0.902 bits per heavy atom. The summed E-state index contributed by atoms with van der Waals surface area (Å²) in [5.74, 6) is -2.72. The number of aromatic amines is 1. The molecule has 2 aliphatic heterocycles. The summed E-state index contributed by atoms with van der Waals surface area (Å²) in [6.45, 7) is 5.40. The van der Waals surface area contributed by atoms with Crippen LogP contribution in [0.15, 0.2) is 74.8 Å². The molecule has 16 nitrogen and oxygen atoms in total. The standard InChI is InChI=1S/C35H38N8O8/c1-18(2)11-23-30(46)37-19(3)33-42-26(17-50-33)35(49)43-15-22(38-29(45)21-9-10-28(44)36-14-21)13-27(43)32(48)40-24(12-20-7-5-4-6-8-20)34-41-25(16-51-34)31(47)39-23/h4-10,14,16-19,22-24,27H,11-13,15H2,1-3H3,(H,36,44)(H,37,46)(H,38,45)(H,39,47)(H,40,48)/t19-,22+,23-,24+,27+/m1/s1. The van der Waals surface area contributed by atoms with Crippen molar-refractivity contribution in [2.45, 2.75) is 70.2 Å². The highest BCUT2D eigenvalue weighted by Gasteiger charge is 2.42. The molecule has 5 amide bonds. The van der Waals surface area contributed by atoms with Crippen molar-refractivity contribution in [1.29, 1.82) is 0 Å². The number of H-pyrrole nitrogens is 1. The fourth-order valence-electron chi connectivity index (χ4n) is 6.15. The van der Waals surface area contributed by atoms with E-state index < -0.39 is 59.7 Å². The third-order valence-corrected chi connectivity index (χ3v) is 8.70. The molecule has 0 radical (unpaired) electrons. The van der Waals surface area contributed by atoms with Crippen LogP contribution in [0, 0.1) is 5.92 Å². The van der Waals surface area contributed by atoms with E-state index in [4.69, 9.17) is 8.83 Å². The van der Waals surface area contributed by atoms with Gasteiger partial charge in [-0.25, -0.2) is 9.97 Å². The number of nitrogens with zero attached hydrogens (tertiary/aromatic N) is 3. The average Bonchev–Trinajstić information content (AvgIpc) is 3.88. The van der Waals surface area contributed by atoms with Crippen LogP contribution in [0.25, 0.3) is 0 Å². The number of hydrogen-bond donors (Lipinski definition) is 5. The van der Waals surface area contributed by atoms with E-state index in [1.54, 1.807) is 6.92 Å². The topological polar surface area (TPSA) is 222 Å². The fraction of sp³-hybridized carbons (Fsp3) is 0.371. The second-order valence-electron chi connectivity index (χ2n) is 13.1. The highest BCUT2D eigenvalue weighted by atomic mass is 16.3. The van der Waals surface area contributed by atoms with E-state index in [1.807, 2.05) is 44.2 Å². The number of oxazole rings is 2. The van der Waals surface area contributed by atoms with Crippen molar-refractivity contribution >= 4 is 29.5 Å². The molecule has 5 N–H and O–H groups in total. The molecule has 0 unspecified atom stereocenters. The van der Waals surface area contributed by atoms with Crippen LogP contribution < -0.4 is 26.8 Å². The van der Waals surface area contributed by atoms with Crippen molar-refractivity contribution in [1.82, 2.24) is 41.1 Å². The van der Waals surface area contributed by atoms with Crippen LogP contribution in [0.2, 0.25) is 0 Å². The highest BCUT2D eigenvalue weighted by molar-refractivity contribution is 5.98. The monoisotopic (exact) mass is 698 g/mol. The minimum absolute atomic E-state index is 0.0367. The van der Waals surface area contributed by atoms with Crippen molar-refractivity contribution < 1.29 is 32.8 Å². The molecule has 0 spiro atoms. The number of pyridine rings is 1. The van der Waals surface area contributed by atoms with Gasteiger partial charge in [-0.3, -0.25) is 28.8 Å². The molecule has 0 saturated carbocycles. The van der Waals surface area contributed by atoms with E-state index in [9.17, 15) is 28.8 Å². The quantitative estimate of drug-likeness (QED) is 0.196. The molecule has 16 heteroatoms. The van der Waals surface area contributed by atoms with Crippen molar-refractivity contribution in [3.8, 4) is 0 Å². The fourth-order valence-corrected chi connectivity index (χ4v) is 6.15. The van der Waals surface area contributed by atoms with Crippen LogP contribution in [0.5, 0.6) is 0 Å². The van der Waals surface area contributed by atoms with E-state index in [1.165, 1.54) is 23.2 Å². The molecular formula is C35H38N8O8. The lowest BCUT2D eigenvalue weighted by Crippen LogP contribution is -2.48. The lowest BCUT2D eigenvalue weighted by atomic mass is 10.0. The summed E-state index contributed by atoms with van der Waals surface area (Å²) in [7, 11) is 0. The number of rotatable bonds is 6. The van der Waals surface area contributed by atoms with E-state index in [0.29, 0.717) is 6.42 Å². The number of carbonyl (C=O) groups is 5. The van der Waals surface area contributed by atoms with Gasteiger partial charge in [0, 0.05) is 31.3 Å². The maximum absolute atomic E-state index is 14.2. The summed E-state index contributed by atoms with van der Waals surface area (Å²) >= 11 is 0. The zero-order valence-corrected chi connectivity index (χ0v) is 28.2. The minimum atomic E-state index is -1.08. The lowest BCUT2D eigenvalue weighted by molar-refractivity contribution is -0.126. The van der Waals surface area contributed by atoms with Crippen LogP contribution in [0.1, 0.15) is 94.4 Å². The van der Waals surface area contributed by atoms with Crippen LogP contribution in [0.3, 0.4) is 0 Å². The number of aromatic nitrogens is 3. The lowest BCUT2D eigenvalue weighted by Gasteiger charge is -2.25. The molecule has 266 valence electrons. The third kappa shape index (κ3) is 8.06. The first-order chi connectivity index (χ1) is 24.4. The van der Waals surface area contributed by atoms with Gasteiger partial charge in [0.1, 0.15) is 36.7 Å². The number of benzene rings is 1. The van der Waals surface area contributed by atoms with Gasteiger partial charge < -0.3 is 40.0 Å². The molecule has 0 aliphatic carbocycles. The van der Waals surface area contributed by atoms with Gasteiger partial charge in [0.2, 0.25) is 29.2 Å². The second-order valence-corrected chi connectivity index (χ2v) is 13.1. The highest BCUT2D eigenvalue weighted by Crippen LogP contribution is 2.25. The van der Waals surface area contributed by atoms with Gasteiger partial charge in [-0.05, 0) is 37.3 Å². The Morgan fingerprint density at radius 3 is 2.35 bits per heavy atom. The van der Waals surface area contributed by atoms with Gasteiger partial charge in [0.15, 0.2) is 11.4 Å². The van der Waals surface area contributed by atoms with Gasteiger partial charge in [-0.1, -0.05) is 44.2 Å². The molecule has 3 aromatic heterocycles. The summed E-state index contributed by atoms with van der Waals surface area (Å²) in [6, 6.07) is 7.50. The molecule has 5 heterocycles. The molecule has 51 heavy (non-hydrogen) atoms. The largest absolute Gasteiger partial charge is 0.446 e. The molecular weight excluding hydrogens is 660 g/mol. The molecule has 4 aromatic rings. The molecule has 1 saturated heterocycles. The van der Waals surface area contributed by atoms with E-state index >= 15 is 0 Å². The predicted octanol–water partition coefficient (Wildman–Crippen LogP) is 1.80. The third-order valence-electron chi connectivity index (χ3n) is 8.70. The maximum Gasteiger partial charge on any atom is 0.276 e. The molecule has 6 rings (SSSR count). The Balaban J connectivity index is 1.35. The second kappa shape index (κ2) is 14.8. The first-order valence-corrected chi connectivity index (χ1v) is 16.6. The molecule has 2 aliphatic rings. The first-order valence-electron chi connectivity index (χ1n) is 16.6. The smallest absolute Gasteiger partial charge is 0.276 e. The van der Waals surface area contributed by atoms with Gasteiger partial charge in [-0.15, -0.1) is 0 Å². The zero-order chi connectivity index (χ0) is 36.2. The molecule has 4 bridgehead atoms. The zero-order valence-electron chi connectivity index (χ0n) is 28.2. The Hall–Kier alpha value is -6.06. The van der Waals surface area contributed by atoms with Gasteiger partial charge >= 0.3 is 0 Å². The Kier molecular flexibility index (Phi) is 10.1. The SMILES string of the molecule is CC(C)C[C@H]1NC(=O)c2coc(n2)[C@H](Cc2ccccc2)NC(=O)[C@@H]2C[C@H](NC(=O)c3ccc(=O)[nH]c3)CN2C(=O)c2coc(n2)[C@@H](C)NC1=O. The van der Waals surface area contributed by atoms with E-state index in [-0.39, 0.29) is 59.6 Å². The summed E-state index contributed by atoms with van der Waals surface area (Å²) in [4.78, 5) is 92.0. The average molecular weight is 699 g/mol. The van der Waals surface area contributed by atoms with E-state index in [2.05, 4.69) is 36.2 Å². The number of nitrogens with one attached hydrogen (secondary N) is 5. The summed E-state index contributed by atoms with van der Waals surface area (Å²) in [5, 5.41) is 11.3. The van der Waals surface area contributed by atoms with Crippen molar-refractivity contribution in [3.05, 3.63) is 106 Å². The molecule has 5 atom stereocenters. The normalized spacial score (nSPS) is 22.7. The van der Waals surface area contributed by atoms with Crippen LogP contribution >= 0.6 is 0 Å². The minimum Gasteiger partial charge on any atom is -0.446 e. The summed E-state index contributed by atoms with van der Waals surface area (Å²) < 4.78 is 11.4.